The number of amides is 3. The third kappa shape index (κ3) is 4.50. The van der Waals surface area contributed by atoms with Crippen molar-refractivity contribution in [1.82, 2.24) is 15.1 Å². The van der Waals surface area contributed by atoms with Gasteiger partial charge in [-0.1, -0.05) is 18.2 Å². The number of nitrogens with one attached hydrogen (secondary N) is 1. The molecule has 2 atom stereocenters. The van der Waals surface area contributed by atoms with Crippen LogP contribution in [-0.2, 0) is 9.59 Å². The first kappa shape index (κ1) is 19.0. The molecule has 146 valence electrons. The van der Waals surface area contributed by atoms with Crippen LogP contribution in [0.25, 0.3) is 0 Å². The molecule has 27 heavy (non-hydrogen) atoms. The van der Waals surface area contributed by atoms with E-state index in [0.717, 1.165) is 0 Å². The van der Waals surface area contributed by atoms with Crippen LogP contribution in [0, 0.1) is 5.41 Å². The van der Waals surface area contributed by atoms with Crippen LogP contribution in [0.15, 0.2) is 30.3 Å². The minimum atomic E-state index is -0.885. The van der Waals surface area contributed by atoms with Crippen molar-refractivity contribution in [2.75, 3.05) is 32.8 Å². The molecule has 2 fully saturated rings. The highest BCUT2D eigenvalue weighted by molar-refractivity contribution is 5.80. The number of benzene rings is 1. The fourth-order valence-electron chi connectivity index (χ4n) is 3.43. The van der Waals surface area contributed by atoms with Crippen LogP contribution in [0.5, 0.6) is 5.75 Å². The summed E-state index contributed by atoms with van der Waals surface area (Å²) in [5.41, 5.74) is -0.885. The highest BCUT2D eigenvalue weighted by atomic mass is 16.5. The summed E-state index contributed by atoms with van der Waals surface area (Å²) in [6, 6.07) is 8.75. The average molecular weight is 375 g/mol. The van der Waals surface area contributed by atoms with Crippen LogP contribution in [0.2, 0.25) is 0 Å². The van der Waals surface area contributed by atoms with E-state index in [4.69, 9.17) is 4.74 Å². The third-order valence-electron chi connectivity index (χ3n) is 5.25. The lowest BCUT2D eigenvalue weighted by Gasteiger charge is -2.23. The van der Waals surface area contributed by atoms with Crippen LogP contribution in [0.4, 0.5) is 4.79 Å². The van der Waals surface area contributed by atoms with Crippen LogP contribution < -0.4 is 10.1 Å². The Balaban J connectivity index is 1.43. The molecule has 2 aliphatic rings. The molecule has 3 amide bonds. The Hall–Kier alpha value is -2.77. The van der Waals surface area contributed by atoms with E-state index in [0.29, 0.717) is 38.2 Å². The number of carboxylic acid groups (broad SMARTS) is 1. The molecule has 0 saturated carbocycles. The molecule has 8 heteroatoms. The molecule has 1 aromatic rings. The number of ether oxygens (including phenoxy) is 1. The Morgan fingerprint density at radius 3 is 2.63 bits per heavy atom. The summed E-state index contributed by atoms with van der Waals surface area (Å²) < 4.78 is 5.48. The molecular weight excluding hydrogens is 350 g/mol. The maximum atomic E-state index is 12.4. The number of urea groups is 1. The van der Waals surface area contributed by atoms with Gasteiger partial charge in [-0.15, -0.1) is 0 Å². The molecule has 2 N–H and O–H groups in total. The summed E-state index contributed by atoms with van der Waals surface area (Å²) in [7, 11) is 0. The summed E-state index contributed by atoms with van der Waals surface area (Å²) >= 11 is 0. The predicted molar refractivity (Wildman–Crippen MR) is 97.4 cm³/mol. The Morgan fingerprint density at radius 1 is 1.22 bits per heavy atom. The molecule has 2 saturated heterocycles. The number of carboxylic acids is 1. The van der Waals surface area contributed by atoms with Crippen molar-refractivity contribution >= 4 is 17.9 Å². The largest absolute Gasteiger partial charge is 0.484 e. The van der Waals surface area contributed by atoms with Gasteiger partial charge >= 0.3 is 12.0 Å². The minimum absolute atomic E-state index is 0.0340. The minimum Gasteiger partial charge on any atom is -0.484 e. The summed E-state index contributed by atoms with van der Waals surface area (Å²) in [5.74, 6) is -0.352. The van der Waals surface area contributed by atoms with Crippen molar-refractivity contribution in [3.63, 3.8) is 0 Å². The van der Waals surface area contributed by atoms with E-state index < -0.39 is 11.4 Å². The lowest BCUT2D eigenvalue weighted by molar-refractivity contribution is -0.147. The number of aliphatic carboxylic acids is 1. The van der Waals surface area contributed by atoms with E-state index in [-0.39, 0.29) is 31.1 Å². The molecule has 2 aliphatic heterocycles. The van der Waals surface area contributed by atoms with Gasteiger partial charge < -0.3 is 25.0 Å². The van der Waals surface area contributed by atoms with Gasteiger partial charge in [0.2, 0.25) is 0 Å². The number of nitrogens with zero attached hydrogens (tertiary/aromatic N) is 2. The zero-order valence-electron chi connectivity index (χ0n) is 15.4. The fraction of sp³-hybridized carbons (Fsp3) is 0.526. The number of para-hydroxylation sites is 1. The van der Waals surface area contributed by atoms with Crippen LogP contribution in [-0.4, -0.2) is 71.6 Å². The summed E-state index contributed by atoms with van der Waals surface area (Å²) in [6.45, 7) is 3.25. The van der Waals surface area contributed by atoms with Gasteiger partial charge in [0.1, 0.15) is 5.75 Å². The first-order valence-corrected chi connectivity index (χ1v) is 9.12. The number of likely N-dealkylation sites (tertiary alicyclic amines) is 2. The van der Waals surface area contributed by atoms with Crippen molar-refractivity contribution in [2.24, 2.45) is 5.41 Å². The lowest BCUT2D eigenvalue weighted by Crippen LogP contribution is -2.46. The van der Waals surface area contributed by atoms with E-state index in [2.05, 4.69) is 5.32 Å². The molecular formula is C19H25N3O5. The monoisotopic (exact) mass is 375 g/mol. The number of hydrogen-bond donors (Lipinski definition) is 2. The second-order valence-electron chi connectivity index (χ2n) is 7.41. The maximum absolute atomic E-state index is 12.4. The van der Waals surface area contributed by atoms with Crippen molar-refractivity contribution in [2.45, 2.75) is 25.8 Å². The quantitative estimate of drug-likeness (QED) is 0.805. The lowest BCUT2D eigenvalue weighted by atomic mass is 9.90. The normalized spacial score (nSPS) is 24.7. The first-order chi connectivity index (χ1) is 12.9. The number of carbonyl (C=O) groups is 3. The average Bonchev–Trinajstić information content (AvgIpc) is 3.28. The molecule has 0 radical (unpaired) electrons. The van der Waals surface area contributed by atoms with Crippen molar-refractivity contribution in [3.8, 4) is 5.75 Å². The molecule has 2 unspecified atom stereocenters. The summed E-state index contributed by atoms with van der Waals surface area (Å²) in [4.78, 5) is 39.2. The summed E-state index contributed by atoms with van der Waals surface area (Å²) in [5, 5.41) is 12.2. The highest BCUT2D eigenvalue weighted by Crippen LogP contribution is 2.30. The molecule has 0 aromatic heterocycles. The van der Waals surface area contributed by atoms with Gasteiger partial charge in [-0.05, 0) is 31.9 Å². The van der Waals surface area contributed by atoms with Gasteiger partial charge in [0.15, 0.2) is 6.61 Å². The Labute approximate surface area is 158 Å². The van der Waals surface area contributed by atoms with Gasteiger partial charge in [0.05, 0.1) is 5.41 Å². The van der Waals surface area contributed by atoms with E-state index >= 15 is 0 Å². The SMILES string of the molecule is CC1(C(=O)O)CCN(C(=O)NC2CCN(C(=O)COc3ccccc3)C2)C1. The second kappa shape index (κ2) is 7.85. The topological polar surface area (TPSA) is 99.2 Å². The Kier molecular flexibility index (Phi) is 5.53. The van der Waals surface area contributed by atoms with Crippen molar-refractivity contribution in [3.05, 3.63) is 30.3 Å². The van der Waals surface area contributed by atoms with Gasteiger partial charge in [-0.2, -0.15) is 0 Å². The van der Waals surface area contributed by atoms with Gasteiger partial charge in [0, 0.05) is 32.2 Å². The number of hydrogen-bond acceptors (Lipinski definition) is 4. The van der Waals surface area contributed by atoms with E-state index in [1.165, 1.54) is 4.90 Å². The van der Waals surface area contributed by atoms with Crippen molar-refractivity contribution in [1.29, 1.82) is 0 Å². The highest BCUT2D eigenvalue weighted by Gasteiger charge is 2.42. The third-order valence-corrected chi connectivity index (χ3v) is 5.25. The molecule has 1 aromatic carbocycles. The molecule has 0 bridgehead atoms. The second-order valence-corrected chi connectivity index (χ2v) is 7.41. The molecule has 8 nitrogen and oxygen atoms in total. The van der Waals surface area contributed by atoms with Crippen molar-refractivity contribution < 1.29 is 24.2 Å². The van der Waals surface area contributed by atoms with E-state index in [1.54, 1.807) is 24.0 Å². The van der Waals surface area contributed by atoms with Gasteiger partial charge in [-0.25, -0.2) is 4.79 Å². The molecule has 3 rings (SSSR count). The molecule has 0 spiro atoms. The zero-order valence-corrected chi connectivity index (χ0v) is 15.4. The predicted octanol–water partition coefficient (Wildman–Crippen LogP) is 1.17. The summed E-state index contributed by atoms with van der Waals surface area (Å²) in [6.07, 6.45) is 1.12. The zero-order chi connectivity index (χ0) is 19.4. The smallest absolute Gasteiger partial charge is 0.317 e. The Bertz CT molecular complexity index is 711. The van der Waals surface area contributed by atoms with Crippen LogP contribution in [0.3, 0.4) is 0 Å². The number of carbonyl (C=O) groups excluding carboxylic acids is 2. The maximum Gasteiger partial charge on any atom is 0.317 e. The van der Waals surface area contributed by atoms with Gasteiger partial charge in [-0.3, -0.25) is 9.59 Å². The fourth-order valence-corrected chi connectivity index (χ4v) is 3.43. The first-order valence-electron chi connectivity index (χ1n) is 9.12. The Morgan fingerprint density at radius 2 is 1.96 bits per heavy atom. The molecule has 2 heterocycles. The van der Waals surface area contributed by atoms with Crippen LogP contribution >= 0.6 is 0 Å². The van der Waals surface area contributed by atoms with Crippen LogP contribution in [0.1, 0.15) is 19.8 Å². The molecule has 0 aliphatic carbocycles. The van der Waals surface area contributed by atoms with E-state index in [1.807, 2.05) is 18.2 Å². The van der Waals surface area contributed by atoms with Gasteiger partial charge in [0.25, 0.3) is 5.91 Å². The number of rotatable bonds is 5. The standard InChI is InChI=1S/C19H25N3O5/c1-19(17(24)25)8-10-22(13-19)18(26)20-14-7-9-21(11-14)16(23)12-27-15-5-3-2-4-6-15/h2-6,14H,7-13H2,1H3,(H,20,26)(H,24,25). The van der Waals surface area contributed by atoms with E-state index in [9.17, 15) is 19.5 Å².